The average molecular weight is 892 g/mol. The number of nitrogens with one attached hydrogen (secondary N) is 2. The SMILES string of the molecule is CC(C)c1c(C(=O)Nc2ccc(OCCOCCNC(=O)OCc3ccccc3)cc2)c(-c2ccccc2)c(-c2ccc(F)cc2)n1CC[C@@H]1C[C@H](CC(=O)OC(C)(C)C)OC(C)(C)O1. The standard InChI is InChI=1S/C52H62FN3O9/c1-35(2)47-46(49(58)55-40-22-24-41(25-23-40)61-31-30-60-29-27-54-50(59)62-34-36-14-10-8-11-15-36)45(37-16-12-9-13-17-37)48(38-18-20-39(53)21-19-38)56(47)28-26-42-32-43(64-52(6,7)63-42)33-44(57)65-51(3,4)5/h8-25,35,42-43H,26-34H2,1-7H3,(H,54,59)(H,55,58)/t42-,43-/m1/s1. The van der Waals surface area contributed by atoms with Gasteiger partial charge >= 0.3 is 12.1 Å². The molecule has 12 nitrogen and oxygen atoms in total. The van der Waals surface area contributed by atoms with Crippen LogP contribution in [0.3, 0.4) is 0 Å². The maximum Gasteiger partial charge on any atom is 0.407 e. The fourth-order valence-corrected chi connectivity index (χ4v) is 8.01. The monoisotopic (exact) mass is 891 g/mol. The first kappa shape index (κ1) is 48.4. The highest BCUT2D eigenvalue weighted by molar-refractivity contribution is 6.12. The van der Waals surface area contributed by atoms with Crippen LogP contribution in [-0.4, -0.2) is 72.5 Å². The van der Waals surface area contributed by atoms with E-state index in [0.29, 0.717) is 56.1 Å². The number of rotatable bonds is 19. The summed E-state index contributed by atoms with van der Waals surface area (Å²) < 4.78 is 51.6. The van der Waals surface area contributed by atoms with Crippen molar-refractivity contribution in [2.24, 2.45) is 0 Å². The van der Waals surface area contributed by atoms with E-state index >= 15 is 0 Å². The molecule has 5 aromatic rings. The summed E-state index contributed by atoms with van der Waals surface area (Å²) in [6.45, 7) is 15.2. The van der Waals surface area contributed by atoms with Gasteiger partial charge in [-0.05, 0) is 112 Å². The van der Waals surface area contributed by atoms with Gasteiger partial charge in [-0.15, -0.1) is 0 Å². The predicted molar refractivity (Wildman–Crippen MR) is 248 cm³/mol. The Morgan fingerprint density at radius 2 is 1.49 bits per heavy atom. The van der Waals surface area contributed by atoms with Gasteiger partial charge in [-0.2, -0.15) is 0 Å². The summed E-state index contributed by atoms with van der Waals surface area (Å²) in [5.74, 6) is -1.45. The minimum atomic E-state index is -0.943. The Morgan fingerprint density at radius 3 is 2.15 bits per heavy atom. The molecule has 13 heteroatoms. The molecule has 1 aliphatic rings. The molecule has 1 aliphatic heterocycles. The molecule has 0 bridgehead atoms. The lowest BCUT2D eigenvalue weighted by Crippen LogP contribution is -2.46. The molecule has 65 heavy (non-hydrogen) atoms. The third-order valence-corrected chi connectivity index (χ3v) is 10.5. The predicted octanol–water partition coefficient (Wildman–Crippen LogP) is 10.7. The van der Waals surface area contributed by atoms with E-state index in [1.54, 1.807) is 36.4 Å². The second kappa shape index (κ2) is 22.3. The number of anilines is 1. The number of aromatic nitrogens is 1. The maximum absolute atomic E-state index is 14.8. The van der Waals surface area contributed by atoms with Crippen LogP contribution in [-0.2, 0) is 41.6 Å². The molecule has 1 aromatic heterocycles. The van der Waals surface area contributed by atoms with Crippen LogP contribution in [0.5, 0.6) is 5.75 Å². The van der Waals surface area contributed by atoms with E-state index in [4.69, 9.17) is 28.4 Å². The number of amides is 2. The first-order valence-corrected chi connectivity index (χ1v) is 22.3. The molecule has 4 aromatic carbocycles. The molecule has 1 saturated heterocycles. The third kappa shape index (κ3) is 14.2. The average Bonchev–Trinajstić information content (AvgIpc) is 3.60. The maximum atomic E-state index is 14.8. The molecular formula is C52H62FN3O9. The highest BCUT2D eigenvalue weighted by Gasteiger charge is 2.38. The third-order valence-electron chi connectivity index (χ3n) is 10.5. The molecular weight excluding hydrogens is 830 g/mol. The van der Waals surface area contributed by atoms with Crippen LogP contribution in [0.1, 0.15) is 95.3 Å². The highest BCUT2D eigenvalue weighted by atomic mass is 19.1. The molecule has 346 valence electrons. The van der Waals surface area contributed by atoms with Crippen LogP contribution in [0.4, 0.5) is 14.9 Å². The number of halogens is 1. The molecule has 2 amide bonds. The second-order valence-corrected chi connectivity index (χ2v) is 17.8. The Morgan fingerprint density at radius 1 is 0.831 bits per heavy atom. The molecule has 0 unspecified atom stereocenters. The Kier molecular flexibility index (Phi) is 16.6. The number of nitrogens with zero attached hydrogens (tertiary/aromatic N) is 1. The quantitative estimate of drug-likeness (QED) is 0.0613. The summed E-state index contributed by atoms with van der Waals surface area (Å²) in [6, 6.07) is 32.7. The van der Waals surface area contributed by atoms with Gasteiger partial charge in [-0.25, -0.2) is 9.18 Å². The number of carbonyl (C=O) groups is 3. The first-order chi connectivity index (χ1) is 31.0. The number of alkyl carbamates (subject to hydrolysis) is 1. The molecule has 2 atom stereocenters. The number of ether oxygens (including phenoxy) is 6. The normalized spacial score (nSPS) is 15.9. The van der Waals surface area contributed by atoms with E-state index in [1.165, 1.54) is 12.1 Å². The lowest BCUT2D eigenvalue weighted by Gasteiger charge is -2.41. The van der Waals surface area contributed by atoms with Crippen molar-refractivity contribution in [3.63, 3.8) is 0 Å². The smallest absolute Gasteiger partial charge is 0.407 e. The van der Waals surface area contributed by atoms with Crippen LogP contribution in [0.15, 0.2) is 109 Å². The molecule has 0 radical (unpaired) electrons. The van der Waals surface area contributed by atoms with Gasteiger partial charge in [-0.3, -0.25) is 9.59 Å². The van der Waals surface area contributed by atoms with Gasteiger partial charge < -0.3 is 43.6 Å². The van der Waals surface area contributed by atoms with Gasteiger partial charge in [0.2, 0.25) is 0 Å². The number of carbonyl (C=O) groups excluding carboxylic acids is 3. The lowest BCUT2D eigenvalue weighted by molar-refractivity contribution is -0.301. The molecule has 2 N–H and O–H groups in total. The summed E-state index contributed by atoms with van der Waals surface area (Å²) in [6.07, 6.45) is -0.0837. The Hall–Kier alpha value is -6.02. The highest BCUT2D eigenvalue weighted by Crippen LogP contribution is 2.43. The van der Waals surface area contributed by atoms with Crippen molar-refractivity contribution in [3.05, 3.63) is 132 Å². The summed E-state index contributed by atoms with van der Waals surface area (Å²) >= 11 is 0. The van der Waals surface area contributed by atoms with Crippen molar-refractivity contribution < 1.29 is 47.2 Å². The van der Waals surface area contributed by atoms with Gasteiger partial charge in [0, 0.05) is 36.5 Å². The number of benzene rings is 4. The molecule has 1 fully saturated rings. The van der Waals surface area contributed by atoms with Crippen molar-refractivity contribution >= 4 is 23.7 Å². The zero-order chi connectivity index (χ0) is 46.6. The summed E-state index contributed by atoms with van der Waals surface area (Å²) in [5.41, 5.74) is 5.29. The summed E-state index contributed by atoms with van der Waals surface area (Å²) in [7, 11) is 0. The largest absolute Gasteiger partial charge is 0.491 e. The van der Waals surface area contributed by atoms with Gasteiger partial charge in [0.1, 0.15) is 30.4 Å². The van der Waals surface area contributed by atoms with Gasteiger partial charge in [0.25, 0.3) is 5.91 Å². The van der Waals surface area contributed by atoms with Crippen molar-refractivity contribution in [3.8, 4) is 28.1 Å². The second-order valence-electron chi connectivity index (χ2n) is 17.8. The lowest BCUT2D eigenvalue weighted by atomic mass is 9.94. The molecule has 0 saturated carbocycles. The topological polar surface area (TPSA) is 136 Å². The van der Waals surface area contributed by atoms with E-state index < -0.39 is 23.6 Å². The van der Waals surface area contributed by atoms with Crippen molar-refractivity contribution in [1.29, 1.82) is 0 Å². The fraction of sp³-hybridized carbons (Fsp3) is 0.404. The minimum Gasteiger partial charge on any atom is -0.491 e. The van der Waals surface area contributed by atoms with E-state index in [0.717, 1.165) is 33.6 Å². The van der Waals surface area contributed by atoms with Gasteiger partial charge in [-0.1, -0.05) is 74.5 Å². The zero-order valence-corrected chi connectivity index (χ0v) is 38.5. The van der Waals surface area contributed by atoms with Crippen LogP contribution >= 0.6 is 0 Å². The van der Waals surface area contributed by atoms with E-state index in [2.05, 4.69) is 29.0 Å². The Labute approximate surface area is 381 Å². The first-order valence-electron chi connectivity index (χ1n) is 22.3. The number of hydrogen-bond acceptors (Lipinski definition) is 9. The summed E-state index contributed by atoms with van der Waals surface area (Å²) in [4.78, 5) is 39.6. The van der Waals surface area contributed by atoms with Crippen LogP contribution < -0.4 is 15.4 Å². The number of esters is 1. The summed E-state index contributed by atoms with van der Waals surface area (Å²) in [5, 5.41) is 5.81. The van der Waals surface area contributed by atoms with E-state index in [9.17, 15) is 18.8 Å². The molecule has 6 rings (SSSR count). The van der Waals surface area contributed by atoms with Gasteiger partial charge in [0.15, 0.2) is 5.79 Å². The van der Waals surface area contributed by atoms with E-state index in [1.807, 2.05) is 95.3 Å². The molecule has 0 spiro atoms. The van der Waals surface area contributed by atoms with E-state index in [-0.39, 0.29) is 49.4 Å². The van der Waals surface area contributed by atoms with Gasteiger partial charge in [0.05, 0.1) is 43.1 Å². The molecule has 2 heterocycles. The van der Waals surface area contributed by atoms with Crippen molar-refractivity contribution in [2.75, 3.05) is 31.7 Å². The Balaban J connectivity index is 1.17. The Bertz CT molecular complexity index is 2320. The van der Waals surface area contributed by atoms with Crippen LogP contribution in [0.25, 0.3) is 22.4 Å². The number of hydrogen-bond donors (Lipinski definition) is 2. The zero-order valence-electron chi connectivity index (χ0n) is 38.5. The minimum absolute atomic E-state index is 0.0983. The van der Waals surface area contributed by atoms with Crippen molar-refractivity contribution in [2.45, 2.75) is 110 Å². The fourth-order valence-electron chi connectivity index (χ4n) is 8.01. The van der Waals surface area contributed by atoms with Crippen LogP contribution in [0.2, 0.25) is 0 Å². The molecule has 0 aliphatic carbocycles. The van der Waals surface area contributed by atoms with Crippen molar-refractivity contribution in [1.82, 2.24) is 9.88 Å². The van der Waals surface area contributed by atoms with Crippen LogP contribution in [0, 0.1) is 5.82 Å².